The monoisotopic (exact) mass is 216 g/mol. The van der Waals surface area contributed by atoms with Gasteiger partial charge in [-0.3, -0.25) is 5.10 Å². The molecule has 0 aliphatic rings. The summed E-state index contributed by atoms with van der Waals surface area (Å²) in [6.45, 7) is 3.93. The fourth-order valence-electron chi connectivity index (χ4n) is 1.68. The summed E-state index contributed by atoms with van der Waals surface area (Å²) in [5.74, 6) is -0.992. The van der Waals surface area contributed by atoms with E-state index < -0.39 is 5.97 Å². The first-order valence-electron chi connectivity index (χ1n) is 4.94. The van der Waals surface area contributed by atoms with Crippen LogP contribution in [0.2, 0.25) is 0 Å². The molecular formula is C12H12N2O2. The summed E-state index contributed by atoms with van der Waals surface area (Å²) < 4.78 is 0. The highest BCUT2D eigenvalue weighted by Gasteiger charge is 2.15. The summed E-state index contributed by atoms with van der Waals surface area (Å²) in [7, 11) is 0. The molecule has 0 amide bonds. The van der Waals surface area contributed by atoms with Crippen LogP contribution in [0.4, 0.5) is 0 Å². The molecule has 0 unspecified atom stereocenters. The number of aromatic nitrogens is 2. The molecule has 0 fully saturated rings. The predicted molar refractivity (Wildman–Crippen MR) is 60.5 cm³/mol. The second-order valence-electron chi connectivity index (χ2n) is 3.78. The van der Waals surface area contributed by atoms with Crippen molar-refractivity contribution in [1.29, 1.82) is 0 Å². The highest BCUT2D eigenvalue weighted by Crippen LogP contribution is 2.26. The van der Waals surface area contributed by atoms with Gasteiger partial charge < -0.3 is 5.11 Å². The third-order valence-corrected chi connectivity index (χ3v) is 2.54. The molecule has 0 saturated carbocycles. The van der Waals surface area contributed by atoms with Gasteiger partial charge in [-0.05, 0) is 25.0 Å². The number of hydrogen-bond donors (Lipinski definition) is 2. The SMILES string of the molecule is Cc1ccc(C)c(-c2cn[nH]c2C(=O)O)c1. The number of carbonyl (C=O) groups is 1. The third-order valence-electron chi connectivity index (χ3n) is 2.54. The van der Waals surface area contributed by atoms with E-state index in [2.05, 4.69) is 10.2 Å². The van der Waals surface area contributed by atoms with E-state index in [-0.39, 0.29) is 5.69 Å². The first-order valence-corrected chi connectivity index (χ1v) is 4.94. The number of nitrogens with one attached hydrogen (secondary N) is 1. The van der Waals surface area contributed by atoms with Crippen molar-refractivity contribution in [3.63, 3.8) is 0 Å². The molecule has 1 aromatic heterocycles. The van der Waals surface area contributed by atoms with Crippen molar-refractivity contribution >= 4 is 5.97 Å². The lowest BCUT2D eigenvalue weighted by Gasteiger charge is -2.05. The van der Waals surface area contributed by atoms with Crippen molar-refractivity contribution < 1.29 is 9.90 Å². The smallest absolute Gasteiger partial charge is 0.354 e. The van der Waals surface area contributed by atoms with Gasteiger partial charge in [0, 0.05) is 5.56 Å². The Hall–Kier alpha value is -2.10. The van der Waals surface area contributed by atoms with Crippen molar-refractivity contribution in [2.75, 3.05) is 0 Å². The molecular weight excluding hydrogens is 204 g/mol. The molecule has 16 heavy (non-hydrogen) atoms. The van der Waals surface area contributed by atoms with Crippen LogP contribution in [0.25, 0.3) is 11.1 Å². The number of rotatable bonds is 2. The Kier molecular flexibility index (Phi) is 2.48. The molecule has 2 aromatic rings. The van der Waals surface area contributed by atoms with Crippen LogP contribution in [0, 0.1) is 13.8 Å². The fraction of sp³-hybridized carbons (Fsp3) is 0.167. The van der Waals surface area contributed by atoms with Crippen LogP contribution in [0.1, 0.15) is 21.6 Å². The number of nitrogens with zero attached hydrogens (tertiary/aromatic N) is 1. The number of aryl methyl sites for hydroxylation is 2. The number of aromatic amines is 1. The van der Waals surface area contributed by atoms with Gasteiger partial charge >= 0.3 is 5.97 Å². The van der Waals surface area contributed by atoms with Crippen LogP contribution in [-0.2, 0) is 0 Å². The zero-order valence-electron chi connectivity index (χ0n) is 9.11. The molecule has 0 aliphatic carbocycles. The molecule has 4 heteroatoms. The summed E-state index contributed by atoms with van der Waals surface area (Å²) in [6, 6.07) is 5.94. The molecule has 0 atom stereocenters. The van der Waals surface area contributed by atoms with Gasteiger partial charge in [0.2, 0.25) is 0 Å². The Morgan fingerprint density at radius 3 is 2.75 bits per heavy atom. The summed E-state index contributed by atoms with van der Waals surface area (Å²) >= 11 is 0. The Morgan fingerprint density at radius 2 is 2.06 bits per heavy atom. The van der Waals surface area contributed by atoms with Crippen molar-refractivity contribution in [3.8, 4) is 11.1 Å². The molecule has 2 rings (SSSR count). The molecule has 0 bridgehead atoms. The molecule has 0 aliphatic heterocycles. The van der Waals surface area contributed by atoms with Crippen LogP contribution in [-0.4, -0.2) is 21.3 Å². The van der Waals surface area contributed by atoms with Crippen molar-refractivity contribution in [2.45, 2.75) is 13.8 Å². The lowest BCUT2D eigenvalue weighted by molar-refractivity contribution is 0.0691. The van der Waals surface area contributed by atoms with E-state index in [4.69, 9.17) is 5.11 Å². The molecule has 1 heterocycles. The minimum atomic E-state index is -0.992. The van der Waals surface area contributed by atoms with Gasteiger partial charge in [-0.25, -0.2) is 4.79 Å². The van der Waals surface area contributed by atoms with Crippen LogP contribution in [0.3, 0.4) is 0 Å². The normalized spacial score (nSPS) is 10.4. The predicted octanol–water partition coefficient (Wildman–Crippen LogP) is 2.39. The second kappa shape index (κ2) is 3.81. The average molecular weight is 216 g/mol. The highest BCUT2D eigenvalue weighted by molar-refractivity contribution is 5.94. The van der Waals surface area contributed by atoms with Gasteiger partial charge in [-0.15, -0.1) is 0 Å². The van der Waals surface area contributed by atoms with Crippen LogP contribution in [0.15, 0.2) is 24.4 Å². The van der Waals surface area contributed by atoms with Crippen LogP contribution >= 0.6 is 0 Å². The lowest BCUT2D eigenvalue weighted by Crippen LogP contribution is -1.99. The molecule has 82 valence electrons. The first-order chi connectivity index (χ1) is 7.59. The Labute approximate surface area is 92.9 Å². The summed E-state index contributed by atoms with van der Waals surface area (Å²) in [4.78, 5) is 11.0. The van der Waals surface area contributed by atoms with Gasteiger partial charge in [-0.2, -0.15) is 5.10 Å². The van der Waals surface area contributed by atoms with E-state index in [0.29, 0.717) is 5.56 Å². The van der Waals surface area contributed by atoms with Gasteiger partial charge in [0.1, 0.15) is 0 Å². The molecule has 2 N–H and O–H groups in total. The van der Waals surface area contributed by atoms with E-state index in [0.717, 1.165) is 16.7 Å². The van der Waals surface area contributed by atoms with Gasteiger partial charge in [0.05, 0.1) is 6.20 Å². The Morgan fingerprint density at radius 1 is 1.31 bits per heavy atom. The molecule has 0 saturated heterocycles. The number of H-pyrrole nitrogens is 1. The minimum absolute atomic E-state index is 0.133. The van der Waals surface area contributed by atoms with E-state index >= 15 is 0 Å². The van der Waals surface area contributed by atoms with Crippen LogP contribution in [0.5, 0.6) is 0 Å². The number of carboxylic acid groups (broad SMARTS) is 1. The molecule has 1 aromatic carbocycles. The zero-order valence-corrected chi connectivity index (χ0v) is 9.11. The standard InChI is InChI=1S/C12H12N2O2/c1-7-3-4-8(2)9(5-7)10-6-13-14-11(10)12(15)16/h3-6H,1-2H3,(H,13,14)(H,15,16). The van der Waals surface area contributed by atoms with E-state index in [9.17, 15) is 4.79 Å². The fourth-order valence-corrected chi connectivity index (χ4v) is 1.68. The number of hydrogen-bond acceptors (Lipinski definition) is 2. The first kappa shape index (κ1) is 10.4. The Balaban J connectivity index is 2.62. The molecule has 4 nitrogen and oxygen atoms in total. The van der Waals surface area contributed by atoms with Crippen LogP contribution < -0.4 is 0 Å². The minimum Gasteiger partial charge on any atom is -0.477 e. The number of aromatic carboxylic acids is 1. The van der Waals surface area contributed by atoms with E-state index in [1.807, 2.05) is 32.0 Å². The van der Waals surface area contributed by atoms with Gasteiger partial charge in [-0.1, -0.05) is 23.8 Å². The van der Waals surface area contributed by atoms with Crippen molar-refractivity contribution in [3.05, 3.63) is 41.2 Å². The van der Waals surface area contributed by atoms with Crippen molar-refractivity contribution in [2.24, 2.45) is 0 Å². The quantitative estimate of drug-likeness (QED) is 0.810. The Bertz CT molecular complexity index is 544. The summed E-state index contributed by atoms with van der Waals surface area (Å²) in [5.41, 5.74) is 3.81. The second-order valence-corrected chi connectivity index (χ2v) is 3.78. The topological polar surface area (TPSA) is 66.0 Å². The maximum absolute atomic E-state index is 11.0. The maximum atomic E-state index is 11.0. The zero-order chi connectivity index (χ0) is 11.7. The number of carboxylic acids is 1. The summed E-state index contributed by atoms with van der Waals surface area (Å²) in [5, 5.41) is 15.3. The average Bonchev–Trinajstić information content (AvgIpc) is 2.70. The summed E-state index contributed by atoms with van der Waals surface area (Å²) in [6.07, 6.45) is 1.55. The third kappa shape index (κ3) is 1.69. The molecule has 0 spiro atoms. The van der Waals surface area contributed by atoms with E-state index in [1.54, 1.807) is 6.20 Å². The van der Waals surface area contributed by atoms with Gasteiger partial charge in [0.15, 0.2) is 5.69 Å². The largest absolute Gasteiger partial charge is 0.477 e. The molecule has 0 radical (unpaired) electrons. The highest BCUT2D eigenvalue weighted by atomic mass is 16.4. The number of benzene rings is 1. The van der Waals surface area contributed by atoms with Crippen molar-refractivity contribution in [1.82, 2.24) is 10.2 Å². The van der Waals surface area contributed by atoms with Gasteiger partial charge in [0.25, 0.3) is 0 Å². The van der Waals surface area contributed by atoms with E-state index in [1.165, 1.54) is 0 Å². The maximum Gasteiger partial charge on any atom is 0.354 e. The lowest BCUT2D eigenvalue weighted by atomic mass is 9.99.